The average molecular weight is 381 g/mol. The Kier molecular flexibility index (Phi) is 5.43. The maximum absolute atomic E-state index is 12.5. The Labute approximate surface area is 156 Å². The molecule has 1 heterocycles. The Balaban J connectivity index is 1.55. The Morgan fingerprint density at radius 1 is 1.27 bits per heavy atom. The van der Waals surface area contributed by atoms with Crippen LogP contribution in [0.4, 0.5) is 11.4 Å². The van der Waals surface area contributed by atoms with Crippen LogP contribution in [0.2, 0.25) is 5.02 Å². The van der Waals surface area contributed by atoms with E-state index in [-0.39, 0.29) is 34.5 Å². The van der Waals surface area contributed by atoms with E-state index in [0.29, 0.717) is 31.9 Å². The summed E-state index contributed by atoms with van der Waals surface area (Å²) in [4.78, 5) is 38.7. The largest absolute Gasteiger partial charge is 0.340 e. The number of nitrogens with zero attached hydrogens (tertiary/aromatic N) is 3. The van der Waals surface area contributed by atoms with Gasteiger partial charge in [0.25, 0.3) is 5.69 Å². The third-order valence-electron chi connectivity index (χ3n) is 4.90. The maximum Gasteiger partial charge on any atom is 0.271 e. The molecule has 3 rings (SSSR count). The van der Waals surface area contributed by atoms with Gasteiger partial charge in [-0.05, 0) is 25.8 Å². The van der Waals surface area contributed by atoms with Crippen LogP contribution in [0.3, 0.4) is 0 Å². The molecule has 0 radical (unpaired) electrons. The molecule has 9 heteroatoms. The van der Waals surface area contributed by atoms with E-state index in [1.165, 1.54) is 18.2 Å². The first kappa shape index (κ1) is 18.6. The summed E-state index contributed by atoms with van der Waals surface area (Å²) < 4.78 is 0. The van der Waals surface area contributed by atoms with Gasteiger partial charge in [-0.15, -0.1) is 0 Å². The monoisotopic (exact) mass is 380 g/mol. The molecular weight excluding hydrogens is 360 g/mol. The molecule has 0 aromatic heterocycles. The van der Waals surface area contributed by atoms with Crippen molar-refractivity contribution in [1.82, 2.24) is 9.80 Å². The van der Waals surface area contributed by atoms with Crippen molar-refractivity contribution in [2.24, 2.45) is 5.92 Å². The van der Waals surface area contributed by atoms with Gasteiger partial charge in [0.1, 0.15) is 0 Å². The lowest BCUT2D eigenvalue weighted by atomic mass is 10.2. The van der Waals surface area contributed by atoms with Crippen LogP contribution in [-0.4, -0.2) is 58.8 Å². The number of non-ortho nitro benzene ring substituents is 1. The van der Waals surface area contributed by atoms with E-state index in [2.05, 4.69) is 5.32 Å². The zero-order valence-electron chi connectivity index (χ0n) is 14.5. The number of nitro benzene ring substituents is 1. The van der Waals surface area contributed by atoms with Crippen LogP contribution in [0.1, 0.15) is 19.8 Å². The first-order valence-corrected chi connectivity index (χ1v) is 9.02. The van der Waals surface area contributed by atoms with Crippen LogP contribution >= 0.6 is 11.6 Å². The molecule has 1 saturated carbocycles. The highest BCUT2D eigenvalue weighted by atomic mass is 35.5. The molecule has 140 valence electrons. The van der Waals surface area contributed by atoms with Gasteiger partial charge in [-0.3, -0.25) is 24.6 Å². The molecule has 1 saturated heterocycles. The van der Waals surface area contributed by atoms with Gasteiger partial charge in [0.05, 0.1) is 21.7 Å². The lowest BCUT2D eigenvalue weighted by molar-refractivity contribution is -0.384. The zero-order valence-corrected chi connectivity index (χ0v) is 15.2. The number of hydrogen-bond acceptors (Lipinski definition) is 5. The minimum atomic E-state index is -0.539. The molecule has 2 fully saturated rings. The average Bonchev–Trinajstić information content (AvgIpc) is 3.47. The number of hydrogen-bond donors (Lipinski definition) is 1. The summed E-state index contributed by atoms with van der Waals surface area (Å²) in [5, 5.41) is 13.6. The number of amides is 2. The highest BCUT2D eigenvalue weighted by molar-refractivity contribution is 6.34. The standard InChI is InChI=1S/C17H21ClN4O4/c1-11(20-6-8-21(9-7-20)17(24)12-2-3-12)16(23)19-15-5-4-13(22(25)26)10-14(15)18/h4-5,10-12H,2-3,6-9H2,1H3,(H,19,23). The van der Waals surface area contributed by atoms with Gasteiger partial charge in [0, 0.05) is 44.2 Å². The van der Waals surface area contributed by atoms with Gasteiger partial charge in [0.2, 0.25) is 11.8 Å². The van der Waals surface area contributed by atoms with E-state index in [9.17, 15) is 19.7 Å². The van der Waals surface area contributed by atoms with Crippen molar-refractivity contribution in [3.8, 4) is 0 Å². The second-order valence-electron chi connectivity index (χ2n) is 6.72. The summed E-state index contributed by atoms with van der Waals surface area (Å²) in [5.74, 6) is 0.216. The molecule has 1 N–H and O–H groups in total. The van der Waals surface area contributed by atoms with Crippen LogP contribution < -0.4 is 5.32 Å². The first-order valence-electron chi connectivity index (χ1n) is 8.64. The van der Waals surface area contributed by atoms with Gasteiger partial charge in [-0.2, -0.15) is 0 Å². The fourth-order valence-electron chi connectivity index (χ4n) is 3.04. The summed E-state index contributed by atoms with van der Waals surface area (Å²) in [7, 11) is 0. The SMILES string of the molecule is CC(C(=O)Nc1ccc([N+](=O)[O-])cc1Cl)N1CCN(C(=O)C2CC2)CC1. The normalized spacial score (nSPS) is 19.1. The summed E-state index contributed by atoms with van der Waals surface area (Å²) in [5.41, 5.74) is 0.217. The van der Waals surface area contributed by atoms with E-state index in [1.807, 2.05) is 9.80 Å². The van der Waals surface area contributed by atoms with Crippen molar-refractivity contribution in [1.29, 1.82) is 0 Å². The van der Waals surface area contributed by atoms with Crippen LogP contribution in [-0.2, 0) is 9.59 Å². The van der Waals surface area contributed by atoms with E-state index >= 15 is 0 Å². The minimum absolute atomic E-state index is 0.125. The molecule has 8 nitrogen and oxygen atoms in total. The summed E-state index contributed by atoms with van der Waals surface area (Å²) >= 11 is 6.02. The molecule has 0 bridgehead atoms. The van der Waals surface area contributed by atoms with E-state index < -0.39 is 4.92 Å². The molecule has 1 aromatic rings. The maximum atomic E-state index is 12.5. The van der Waals surface area contributed by atoms with Crippen molar-refractivity contribution < 1.29 is 14.5 Å². The quantitative estimate of drug-likeness (QED) is 0.623. The van der Waals surface area contributed by atoms with Gasteiger partial charge in [0.15, 0.2) is 0 Å². The fourth-order valence-corrected chi connectivity index (χ4v) is 3.26. The third-order valence-corrected chi connectivity index (χ3v) is 5.21. The van der Waals surface area contributed by atoms with Crippen molar-refractivity contribution in [2.75, 3.05) is 31.5 Å². The lowest BCUT2D eigenvalue weighted by Gasteiger charge is -2.37. The molecule has 1 aromatic carbocycles. The van der Waals surface area contributed by atoms with Crippen molar-refractivity contribution in [2.45, 2.75) is 25.8 Å². The highest BCUT2D eigenvalue weighted by Crippen LogP contribution is 2.31. The summed E-state index contributed by atoms with van der Waals surface area (Å²) in [6.45, 7) is 4.34. The number of rotatable bonds is 5. The fraction of sp³-hybridized carbons (Fsp3) is 0.529. The Bertz CT molecular complexity index is 729. The second-order valence-corrected chi connectivity index (χ2v) is 7.13. The molecule has 1 unspecified atom stereocenters. The molecule has 1 aliphatic carbocycles. The number of nitrogens with one attached hydrogen (secondary N) is 1. The van der Waals surface area contributed by atoms with E-state index in [4.69, 9.17) is 11.6 Å². The number of halogens is 1. The third kappa shape index (κ3) is 4.13. The summed E-state index contributed by atoms with van der Waals surface area (Å²) in [6.07, 6.45) is 1.99. The number of anilines is 1. The molecule has 26 heavy (non-hydrogen) atoms. The zero-order chi connectivity index (χ0) is 18.8. The van der Waals surface area contributed by atoms with E-state index in [0.717, 1.165) is 12.8 Å². The van der Waals surface area contributed by atoms with Gasteiger partial charge < -0.3 is 10.2 Å². The van der Waals surface area contributed by atoms with Crippen LogP contribution in [0.25, 0.3) is 0 Å². The Morgan fingerprint density at radius 2 is 1.92 bits per heavy atom. The molecule has 1 atom stereocenters. The number of piperazine rings is 1. The second kappa shape index (κ2) is 7.59. The predicted octanol–water partition coefficient (Wildman–Crippen LogP) is 2.13. The van der Waals surface area contributed by atoms with Gasteiger partial charge >= 0.3 is 0 Å². The lowest BCUT2D eigenvalue weighted by Crippen LogP contribution is -2.54. The predicted molar refractivity (Wildman–Crippen MR) is 97.1 cm³/mol. The smallest absolute Gasteiger partial charge is 0.271 e. The number of carbonyl (C=O) groups excluding carboxylic acids is 2. The van der Waals surface area contributed by atoms with Gasteiger partial charge in [-0.1, -0.05) is 11.6 Å². The molecule has 0 spiro atoms. The molecular formula is C17H21ClN4O4. The molecule has 2 amide bonds. The molecule has 1 aliphatic heterocycles. The Morgan fingerprint density at radius 3 is 2.46 bits per heavy atom. The summed E-state index contributed by atoms with van der Waals surface area (Å²) in [6, 6.07) is 3.55. The van der Waals surface area contributed by atoms with Crippen molar-refractivity contribution in [3.63, 3.8) is 0 Å². The van der Waals surface area contributed by atoms with Crippen molar-refractivity contribution >= 4 is 34.8 Å². The first-order chi connectivity index (χ1) is 12.4. The van der Waals surface area contributed by atoms with Crippen LogP contribution in [0.5, 0.6) is 0 Å². The van der Waals surface area contributed by atoms with Crippen LogP contribution in [0.15, 0.2) is 18.2 Å². The van der Waals surface area contributed by atoms with E-state index in [1.54, 1.807) is 6.92 Å². The molecule has 2 aliphatic rings. The van der Waals surface area contributed by atoms with Gasteiger partial charge in [-0.25, -0.2) is 0 Å². The minimum Gasteiger partial charge on any atom is -0.340 e. The number of carbonyl (C=O) groups is 2. The Hall–Kier alpha value is -2.19. The number of nitro groups is 1. The van der Waals surface area contributed by atoms with Crippen molar-refractivity contribution in [3.05, 3.63) is 33.3 Å². The number of benzene rings is 1. The highest BCUT2D eigenvalue weighted by Gasteiger charge is 2.35. The van der Waals surface area contributed by atoms with Crippen LogP contribution in [0, 0.1) is 16.0 Å². The topological polar surface area (TPSA) is 95.8 Å².